The van der Waals surface area contributed by atoms with Gasteiger partial charge in [0.25, 0.3) is 10.0 Å². The van der Waals surface area contributed by atoms with Crippen molar-refractivity contribution in [3.63, 3.8) is 0 Å². The van der Waals surface area contributed by atoms with Gasteiger partial charge in [-0.3, -0.25) is 4.72 Å². The molecule has 1 aromatic carbocycles. The maximum Gasteiger partial charge on any atom is 0.273 e. The summed E-state index contributed by atoms with van der Waals surface area (Å²) in [6.45, 7) is 5.50. The van der Waals surface area contributed by atoms with E-state index < -0.39 is 10.0 Å². The molecule has 0 saturated carbocycles. The molecule has 0 aliphatic rings. The number of nitrogens with one attached hydrogen (secondary N) is 1. The van der Waals surface area contributed by atoms with E-state index in [1.165, 1.54) is 0 Å². The normalized spacial score (nSPS) is 11.6. The van der Waals surface area contributed by atoms with Gasteiger partial charge >= 0.3 is 0 Å². The summed E-state index contributed by atoms with van der Waals surface area (Å²) < 4.78 is 28.0. The minimum atomic E-state index is -3.66. The van der Waals surface area contributed by atoms with E-state index in [-0.39, 0.29) is 8.68 Å². The van der Waals surface area contributed by atoms with E-state index in [1.807, 2.05) is 32.0 Å². The summed E-state index contributed by atoms with van der Waals surface area (Å²) in [5.74, 6) is 0. The summed E-state index contributed by atoms with van der Waals surface area (Å²) in [5.41, 5.74) is 2.90. The number of para-hydroxylation sites is 1. The average Bonchev–Trinajstić information content (AvgIpc) is 2.72. The van der Waals surface area contributed by atoms with E-state index in [1.54, 1.807) is 6.92 Å². The maximum atomic E-state index is 12.5. The van der Waals surface area contributed by atoms with Crippen LogP contribution in [0.3, 0.4) is 0 Å². The van der Waals surface area contributed by atoms with Gasteiger partial charge in [0.1, 0.15) is 0 Å². The third-order valence-corrected chi connectivity index (χ3v) is 6.17. The topological polar surface area (TPSA) is 59.1 Å². The van der Waals surface area contributed by atoms with E-state index in [0.717, 1.165) is 28.9 Å². The summed E-state index contributed by atoms with van der Waals surface area (Å²) in [6.07, 6.45) is 0.752. The number of halogens is 1. The van der Waals surface area contributed by atoms with Gasteiger partial charge in [-0.2, -0.15) is 0 Å². The molecule has 0 saturated heterocycles. The highest BCUT2D eigenvalue weighted by atomic mass is 35.5. The van der Waals surface area contributed by atoms with Crippen LogP contribution in [-0.2, 0) is 16.4 Å². The third-order valence-electron chi connectivity index (χ3n) is 2.95. The number of aromatic nitrogens is 1. The zero-order valence-corrected chi connectivity index (χ0v) is 13.8. The molecule has 20 heavy (non-hydrogen) atoms. The van der Waals surface area contributed by atoms with E-state index in [2.05, 4.69) is 9.71 Å². The fourth-order valence-electron chi connectivity index (χ4n) is 1.95. The molecule has 0 amide bonds. The second-order valence-electron chi connectivity index (χ2n) is 4.41. The van der Waals surface area contributed by atoms with Crippen molar-refractivity contribution >= 4 is 38.6 Å². The van der Waals surface area contributed by atoms with Crippen LogP contribution in [0.1, 0.15) is 23.7 Å². The highest BCUT2D eigenvalue weighted by Gasteiger charge is 2.23. The predicted octanol–water partition coefficient (Wildman–Crippen LogP) is 3.78. The molecule has 0 atom stereocenters. The fourth-order valence-corrected chi connectivity index (χ4v) is 4.86. The van der Waals surface area contributed by atoms with Gasteiger partial charge in [0.2, 0.25) is 0 Å². The molecule has 108 valence electrons. The predicted molar refractivity (Wildman–Crippen MR) is 83.2 cm³/mol. The van der Waals surface area contributed by atoms with Crippen molar-refractivity contribution in [1.82, 2.24) is 4.98 Å². The second-order valence-corrected chi connectivity index (χ2v) is 7.87. The van der Waals surface area contributed by atoms with E-state index in [9.17, 15) is 8.42 Å². The molecule has 4 nitrogen and oxygen atoms in total. The molecule has 0 fully saturated rings. The lowest BCUT2D eigenvalue weighted by atomic mass is 10.1. The van der Waals surface area contributed by atoms with Gasteiger partial charge in [-0.1, -0.05) is 48.1 Å². The molecule has 1 N–H and O–H groups in total. The van der Waals surface area contributed by atoms with E-state index in [4.69, 9.17) is 11.6 Å². The van der Waals surface area contributed by atoms with Crippen LogP contribution in [0.2, 0.25) is 4.47 Å². The molecule has 0 spiro atoms. The molecule has 0 radical (unpaired) electrons. The number of thiazole rings is 1. The Labute approximate surface area is 127 Å². The lowest BCUT2D eigenvalue weighted by Gasteiger charge is -2.13. The Morgan fingerprint density at radius 2 is 2.05 bits per heavy atom. The Morgan fingerprint density at radius 1 is 1.35 bits per heavy atom. The Morgan fingerprint density at radius 3 is 2.60 bits per heavy atom. The van der Waals surface area contributed by atoms with Crippen molar-refractivity contribution in [2.24, 2.45) is 0 Å². The van der Waals surface area contributed by atoms with Gasteiger partial charge in [0.15, 0.2) is 8.68 Å². The fraction of sp³-hybridized carbons (Fsp3) is 0.308. The number of benzene rings is 1. The Bertz CT molecular complexity index is 739. The summed E-state index contributed by atoms with van der Waals surface area (Å²) in [4.78, 5) is 3.95. The number of rotatable bonds is 4. The zero-order valence-electron chi connectivity index (χ0n) is 11.4. The number of nitrogens with zero attached hydrogens (tertiary/aromatic N) is 1. The Balaban J connectivity index is 2.46. The van der Waals surface area contributed by atoms with E-state index >= 15 is 0 Å². The van der Waals surface area contributed by atoms with Crippen molar-refractivity contribution in [2.75, 3.05) is 4.72 Å². The van der Waals surface area contributed by atoms with E-state index in [0.29, 0.717) is 11.4 Å². The first kappa shape index (κ1) is 15.3. The van der Waals surface area contributed by atoms with Gasteiger partial charge in [-0.05, 0) is 31.4 Å². The number of hydrogen-bond donors (Lipinski definition) is 1. The van der Waals surface area contributed by atoms with Crippen molar-refractivity contribution in [1.29, 1.82) is 0 Å². The zero-order chi connectivity index (χ0) is 14.9. The minimum Gasteiger partial charge on any atom is -0.278 e. The van der Waals surface area contributed by atoms with Gasteiger partial charge in [-0.15, -0.1) is 0 Å². The van der Waals surface area contributed by atoms with Crippen LogP contribution in [-0.4, -0.2) is 13.4 Å². The third kappa shape index (κ3) is 2.97. The van der Waals surface area contributed by atoms with Crippen molar-refractivity contribution in [3.8, 4) is 0 Å². The Kier molecular flexibility index (Phi) is 4.36. The van der Waals surface area contributed by atoms with Crippen molar-refractivity contribution < 1.29 is 8.42 Å². The van der Waals surface area contributed by atoms with Crippen LogP contribution in [0.5, 0.6) is 0 Å². The van der Waals surface area contributed by atoms with Crippen LogP contribution in [0, 0.1) is 13.8 Å². The highest BCUT2D eigenvalue weighted by molar-refractivity contribution is 7.94. The number of sulfonamides is 1. The monoisotopic (exact) mass is 330 g/mol. The SMILES string of the molecule is CCc1cccc(C)c1NS(=O)(=O)c1sc(Cl)nc1C. The first-order chi connectivity index (χ1) is 9.35. The molecule has 1 heterocycles. The molecular formula is C13H15ClN2O2S2. The van der Waals surface area contributed by atoms with Crippen LogP contribution in [0.25, 0.3) is 0 Å². The lowest BCUT2D eigenvalue weighted by molar-refractivity contribution is 0.602. The molecule has 7 heteroatoms. The highest BCUT2D eigenvalue weighted by Crippen LogP contribution is 2.30. The molecular weight excluding hydrogens is 316 g/mol. The van der Waals surface area contributed by atoms with Gasteiger partial charge in [-0.25, -0.2) is 13.4 Å². The maximum absolute atomic E-state index is 12.5. The smallest absolute Gasteiger partial charge is 0.273 e. The van der Waals surface area contributed by atoms with Crippen molar-refractivity contribution in [2.45, 2.75) is 31.4 Å². The standard InChI is InChI=1S/C13H15ClN2O2S2/c1-4-10-7-5-6-8(2)11(10)16-20(17,18)12-9(3)15-13(14)19-12/h5-7,16H,4H2,1-3H3. The largest absolute Gasteiger partial charge is 0.278 e. The van der Waals surface area contributed by atoms with Crippen LogP contribution in [0.15, 0.2) is 22.4 Å². The van der Waals surface area contributed by atoms with Crippen LogP contribution in [0.4, 0.5) is 5.69 Å². The molecule has 0 aliphatic heterocycles. The Hall–Kier alpha value is -1.11. The quantitative estimate of drug-likeness (QED) is 0.928. The van der Waals surface area contributed by atoms with Gasteiger partial charge in [0, 0.05) is 0 Å². The number of anilines is 1. The summed E-state index contributed by atoms with van der Waals surface area (Å²) in [5, 5.41) is 0. The molecule has 0 aliphatic carbocycles. The first-order valence-corrected chi connectivity index (χ1v) is 8.77. The summed E-state index contributed by atoms with van der Waals surface area (Å²) >= 11 is 6.74. The summed E-state index contributed by atoms with van der Waals surface area (Å²) in [7, 11) is -3.66. The van der Waals surface area contributed by atoms with Crippen molar-refractivity contribution in [3.05, 3.63) is 39.5 Å². The minimum absolute atomic E-state index is 0.160. The summed E-state index contributed by atoms with van der Waals surface area (Å²) in [6, 6.07) is 5.71. The number of aryl methyl sites for hydroxylation is 3. The van der Waals surface area contributed by atoms with Crippen LogP contribution >= 0.6 is 22.9 Å². The number of hydrogen-bond acceptors (Lipinski definition) is 4. The lowest BCUT2D eigenvalue weighted by Crippen LogP contribution is -2.15. The second kappa shape index (κ2) is 5.71. The van der Waals surface area contributed by atoms with Crippen LogP contribution < -0.4 is 4.72 Å². The molecule has 2 rings (SSSR count). The molecule has 2 aromatic rings. The average molecular weight is 331 g/mol. The first-order valence-electron chi connectivity index (χ1n) is 6.09. The van der Waals surface area contributed by atoms with Gasteiger partial charge in [0.05, 0.1) is 11.4 Å². The molecule has 0 bridgehead atoms. The molecule has 0 unspecified atom stereocenters. The van der Waals surface area contributed by atoms with Gasteiger partial charge < -0.3 is 0 Å². The molecule has 1 aromatic heterocycles.